The van der Waals surface area contributed by atoms with Gasteiger partial charge in [-0.2, -0.15) is 0 Å². The number of benzene rings is 1. The molecule has 0 unspecified atom stereocenters. The van der Waals surface area contributed by atoms with E-state index in [1.807, 2.05) is 6.07 Å². The van der Waals surface area contributed by atoms with Gasteiger partial charge in [0.1, 0.15) is 29.4 Å². The molecule has 3 N–H and O–H groups in total. The first-order valence-electron chi connectivity index (χ1n) is 12.9. The number of allylic oxidation sites excluding steroid dienone is 2. The Morgan fingerprint density at radius 2 is 1.90 bits per heavy atom. The molecular formula is C29H31FN4O6S. The topological polar surface area (TPSA) is 144 Å². The predicted molar refractivity (Wildman–Crippen MR) is 151 cm³/mol. The van der Waals surface area contributed by atoms with Gasteiger partial charge in [-0.1, -0.05) is 54.2 Å². The second-order valence-corrected chi connectivity index (χ2v) is 10.3. The van der Waals surface area contributed by atoms with E-state index in [1.165, 1.54) is 19.9 Å². The summed E-state index contributed by atoms with van der Waals surface area (Å²) < 4.78 is 19.9. The molecule has 2 atom stereocenters. The molecule has 1 aliphatic heterocycles. The van der Waals surface area contributed by atoms with Crippen molar-refractivity contribution in [2.75, 3.05) is 5.75 Å². The molecule has 0 saturated heterocycles. The molecule has 0 aliphatic carbocycles. The highest BCUT2D eigenvalue weighted by Crippen LogP contribution is 2.12. The van der Waals surface area contributed by atoms with Crippen LogP contribution in [-0.4, -0.2) is 51.7 Å². The van der Waals surface area contributed by atoms with E-state index >= 15 is 0 Å². The zero-order chi connectivity index (χ0) is 29.8. The molecule has 0 fully saturated rings. The van der Waals surface area contributed by atoms with Gasteiger partial charge in [-0.25, -0.2) is 14.2 Å². The van der Waals surface area contributed by atoms with Gasteiger partial charge in [-0.15, -0.1) is 0 Å². The average molecular weight is 583 g/mol. The number of thioether (sulfide) groups is 1. The maximum atomic E-state index is 14.3. The minimum absolute atomic E-state index is 0.0285. The average Bonchev–Trinajstić information content (AvgIpc) is 2.93. The maximum absolute atomic E-state index is 14.3. The molecular weight excluding hydrogens is 551 g/mol. The van der Waals surface area contributed by atoms with Gasteiger partial charge in [0.2, 0.25) is 5.91 Å². The van der Waals surface area contributed by atoms with Crippen LogP contribution in [0.3, 0.4) is 0 Å². The monoisotopic (exact) mass is 582 g/mol. The molecule has 0 spiro atoms. The van der Waals surface area contributed by atoms with Crippen molar-refractivity contribution in [3.63, 3.8) is 0 Å². The van der Waals surface area contributed by atoms with Gasteiger partial charge in [0.15, 0.2) is 5.12 Å². The molecule has 2 bridgehead atoms. The highest BCUT2D eigenvalue weighted by molar-refractivity contribution is 8.13. The van der Waals surface area contributed by atoms with Crippen LogP contribution >= 0.6 is 11.8 Å². The van der Waals surface area contributed by atoms with Crippen LogP contribution in [0.2, 0.25) is 0 Å². The van der Waals surface area contributed by atoms with E-state index in [1.54, 1.807) is 36.4 Å². The number of amides is 3. The number of ether oxygens (including phenoxy) is 1. The Kier molecular flexibility index (Phi) is 11.8. The molecule has 0 radical (unpaired) electrons. The summed E-state index contributed by atoms with van der Waals surface area (Å²) in [4.78, 5) is 67.4. The molecule has 41 heavy (non-hydrogen) atoms. The van der Waals surface area contributed by atoms with Gasteiger partial charge in [0.05, 0.1) is 18.7 Å². The van der Waals surface area contributed by atoms with Crippen LogP contribution < -0.4 is 16.0 Å². The number of fused-ring (bicyclic) bond motifs is 2. The SMILES string of the molecule is C/C=C1\NC(=O)c2cc(F)cc(n2)CNC(=O)C[C@@H](/C=C/CCSC(C)=O)OC(=O)[C@H](Cc2ccccc2)NC1=O. The number of cyclic esters (lactones) is 1. The normalized spacial score (nSPS) is 19.8. The van der Waals surface area contributed by atoms with Crippen molar-refractivity contribution in [2.24, 2.45) is 0 Å². The Morgan fingerprint density at radius 3 is 2.61 bits per heavy atom. The van der Waals surface area contributed by atoms with Crippen molar-refractivity contribution < 1.29 is 33.1 Å². The molecule has 12 heteroatoms. The molecule has 216 valence electrons. The van der Waals surface area contributed by atoms with Crippen molar-refractivity contribution in [1.29, 1.82) is 0 Å². The second-order valence-electron chi connectivity index (χ2n) is 9.05. The van der Waals surface area contributed by atoms with Crippen molar-refractivity contribution in [2.45, 2.75) is 51.8 Å². The van der Waals surface area contributed by atoms with Gasteiger partial charge in [-0.05, 0) is 31.1 Å². The van der Waals surface area contributed by atoms with Gasteiger partial charge in [-0.3, -0.25) is 19.2 Å². The number of esters is 1. The van der Waals surface area contributed by atoms with E-state index in [0.29, 0.717) is 12.2 Å². The van der Waals surface area contributed by atoms with Crippen LogP contribution in [0, 0.1) is 5.82 Å². The minimum Gasteiger partial charge on any atom is -0.456 e. The number of hydrogen-bond donors (Lipinski definition) is 3. The Balaban J connectivity index is 1.94. The van der Waals surface area contributed by atoms with Gasteiger partial charge in [0.25, 0.3) is 11.8 Å². The molecule has 2 aromatic rings. The van der Waals surface area contributed by atoms with E-state index in [-0.39, 0.29) is 41.6 Å². The summed E-state index contributed by atoms with van der Waals surface area (Å²) in [5.41, 5.74) is 0.347. The van der Waals surface area contributed by atoms with Crippen molar-refractivity contribution in [1.82, 2.24) is 20.9 Å². The van der Waals surface area contributed by atoms with Gasteiger partial charge >= 0.3 is 5.97 Å². The van der Waals surface area contributed by atoms with E-state index in [9.17, 15) is 28.4 Å². The fourth-order valence-electron chi connectivity index (χ4n) is 3.83. The smallest absolute Gasteiger partial charge is 0.329 e. The molecule has 1 aliphatic rings. The van der Waals surface area contributed by atoms with Crippen molar-refractivity contribution >= 4 is 40.6 Å². The summed E-state index contributed by atoms with van der Waals surface area (Å²) in [5, 5.41) is 7.58. The molecule has 0 saturated carbocycles. The Labute approximate surface area is 241 Å². The molecule has 1 aromatic carbocycles. The first-order valence-corrected chi connectivity index (χ1v) is 13.9. The van der Waals surface area contributed by atoms with Gasteiger partial charge in [0, 0.05) is 25.2 Å². The van der Waals surface area contributed by atoms with E-state index in [4.69, 9.17) is 4.74 Å². The highest BCUT2D eigenvalue weighted by Gasteiger charge is 2.28. The number of hydrogen-bond acceptors (Lipinski definition) is 8. The van der Waals surface area contributed by atoms with Crippen molar-refractivity contribution in [3.05, 3.63) is 89.2 Å². The standard InChI is InChI=1S/C29H31FN4O6S/c1-3-23-27(37)34-25(13-19-9-5-4-6-10-19)29(39)40-22(11-7-8-12-41-18(2)35)16-26(36)31-17-21-14-20(30)15-24(32-21)28(38)33-23/h3-7,9-11,14-15,22,25H,8,12-13,16-17H2,1-2H3,(H,31,36)(H,33,38)(H,34,37)/b11-7+,23-3-/t22-,25+/m1/s1. The Bertz CT molecular complexity index is 1350. The fourth-order valence-corrected chi connectivity index (χ4v) is 4.37. The molecule has 2 heterocycles. The fraction of sp³-hybridized carbons (Fsp3) is 0.310. The first-order chi connectivity index (χ1) is 19.6. The minimum atomic E-state index is -1.17. The number of nitrogens with one attached hydrogen (secondary N) is 3. The number of halogens is 1. The lowest BCUT2D eigenvalue weighted by Crippen LogP contribution is -2.47. The third-order valence-electron chi connectivity index (χ3n) is 5.79. The zero-order valence-corrected chi connectivity index (χ0v) is 23.5. The van der Waals surface area contributed by atoms with Crippen LogP contribution in [0.1, 0.15) is 48.4 Å². The van der Waals surface area contributed by atoms with Crippen LogP contribution in [0.5, 0.6) is 0 Å². The molecule has 1 aromatic heterocycles. The lowest BCUT2D eigenvalue weighted by Gasteiger charge is -2.22. The number of rotatable bonds is 6. The quantitative estimate of drug-likeness (QED) is 0.204. The third-order valence-corrected chi connectivity index (χ3v) is 6.64. The summed E-state index contributed by atoms with van der Waals surface area (Å²) in [5.74, 6) is -3.16. The lowest BCUT2D eigenvalue weighted by atomic mass is 10.1. The predicted octanol–water partition coefficient (Wildman–Crippen LogP) is 2.74. The van der Waals surface area contributed by atoms with Crippen LogP contribution in [0.25, 0.3) is 0 Å². The summed E-state index contributed by atoms with van der Waals surface area (Å²) in [6.07, 6.45) is 3.90. The third kappa shape index (κ3) is 10.3. The molecule has 3 rings (SSSR count). The van der Waals surface area contributed by atoms with E-state index < -0.39 is 41.7 Å². The zero-order valence-electron chi connectivity index (χ0n) is 22.6. The number of pyridine rings is 1. The number of nitrogens with zero attached hydrogens (tertiary/aromatic N) is 1. The number of carbonyl (C=O) groups is 5. The molecule has 10 nitrogen and oxygen atoms in total. The number of carbonyl (C=O) groups excluding carboxylic acids is 5. The summed E-state index contributed by atoms with van der Waals surface area (Å²) >= 11 is 1.14. The Hall–Kier alpha value is -4.32. The lowest BCUT2D eigenvalue weighted by molar-refractivity contribution is -0.151. The largest absolute Gasteiger partial charge is 0.456 e. The number of aromatic nitrogens is 1. The maximum Gasteiger partial charge on any atom is 0.329 e. The van der Waals surface area contributed by atoms with Crippen LogP contribution in [0.15, 0.2) is 66.4 Å². The van der Waals surface area contributed by atoms with E-state index in [2.05, 4.69) is 20.9 Å². The van der Waals surface area contributed by atoms with Crippen LogP contribution in [-0.2, 0) is 36.9 Å². The summed E-state index contributed by atoms with van der Waals surface area (Å²) in [6, 6.07) is 9.74. The first kappa shape index (κ1) is 31.2. The Morgan fingerprint density at radius 1 is 1.15 bits per heavy atom. The summed E-state index contributed by atoms with van der Waals surface area (Å²) in [7, 11) is 0. The van der Waals surface area contributed by atoms with Crippen molar-refractivity contribution in [3.8, 4) is 0 Å². The van der Waals surface area contributed by atoms with Crippen LogP contribution in [0.4, 0.5) is 4.39 Å². The summed E-state index contributed by atoms with van der Waals surface area (Å²) in [6.45, 7) is 2.79. The molecule has 3 amide bonds. The second kappa shape index (κ2) is 15.5. The van der Waals surface area contributed by atoms with Gasteiger partial charge < -0.3 is 20.7 Å². The highest BCUT2D eigenvalue weighted by atomic mass is 32.2. The van der Waals surface area contributed by atoms with E-state index in [0.717, 1.165) is 29.5 Å².